The van der Waals surface area contributed by atoms with Gasteiger partial charge in [0, 0.05) is 23.7 Å². The Morgan fingerprint density at radius 3 is 3.23 bits per heavy atom. The molecule has 0 saturated carbocycles. The summed E-state index contributed by atoms with van der Waals surface area (Å²) in [6, 6.07) is 2.31. The zero-order chi connectivity index (χ0) is 9.26. The molecule has 0 saturated heterocycles. The molecule has 0 fully saturated rings. The maximum absolute atomic E-state index is 5.80. The van der Waals surface area contributed by atoms with Crippen molar-refractivity contribution in [2.45, 2.75) is 25.1 Å². The molecule has 1 aromatic heterocycles. The summed E-state index contributed by atoms with van der Waals surface area (Å²) in [6.45, 7) is 2.00. The molecule has 1 atom stereocenters. The molecule has 1 unspecified atom stereocenters. The third-order valence-electron chi connectivity index (χ3n) is 2.35. The van der Waals surface area contributed by atoms with Gasteiger partial charge in [-0.25, -0.2) is 0 Å². The van der Waals surface area contributed by atoms with Crippen LogP contribution in [0.15, 0.2) is 12.3 Å². The van der Waals surface area contributed by atoms with E-state index in [0.717, 1.165) is 17.7 Å². The highest BCUT2D eigenvalue weighted by Crippen LogP contribution is 2.24. The van der Waals surface area contributed by atoms with Crippen LogP contribution in [0.1, 0.15) is 29.8 Å². The summed E-state index contributed by atoms with van der Waals surface area (Å²) in [5, 5.41) is 0. The van der Waals surface area contributed by atoms with Crippen molar-refractivity contribution in [2.75, 3.05) is 5.75 Å². The Labute approximate surface area is 82.9 Å². The Morgan fingerprint density at radius 2 is 2.46 bits per heavy atom. The zero-order valence-corrected chi connectivity index (χ0v) is 8.60. The van der Waals surface area contributed by atoms with Gasteiger partial charge in [0.25, 0.3) is 0 Å². The summed E-state index contributed by atoms with van der Waals surface area (Å²) in [6.07, 6.45) is 3.03. The summed E-state index contributed by atoms with van der Waals surface area (Å²) in [5.41, 5.74) is 9.60. The number of pyridine rings is 1. The van der Waals surface area contributed by atoms with Crippen molar-refractivity contribution in [3.63, 3.8) is 0 Å². The van der Waals surface area contributed by atoms with Crippen LogP contribution in [-0.4, -0.2) is 10.7 Å². The molecule has 1 aromatic rings. The number of aromatic nitrogens is 1. The van der Waals surface area contributed by atoms with Crippen LogP contribution < -0.4 is 5.73 Å². The SMILES string of the molecule is CC(N)c1cnc2c(c1)CSCC2. The van der Waals surface area contributed by atoms with Crippen molar-refractivity contribution >= 4 is 11.8 Å². The minimum atomic E-state index is 0.102. The number of hydrogen-bond donors (Lipinski definition) is 1. The van der Waals surface area contributed by atoms with Gasteiger partial charge in [-0.05, 0) is 30.2 Å². The van der Waals surface area contributed by atoms with E-state index < -0.39 is 0 Å². The van der Waals surface area contributed by atoms with Crippen LogP contribution in [0.5, 0.6) is 0 Å². The van der Waals surface area contributed by atoms with E-state index in [9.17, 15) is 0 Å². The molecule has 2 nitrogen and oxygen atoms in total. The lowest BCUT2D eigenvalue weighted by molar-refractivity contribution is 0.802. The zero-order valence-electron chi connectivity index (χ0n) is 7.79. The van der Waals surface area contributed by atoms with E-state index in [-0.39, 0.29) is 6.04 Å². The first-order chi connectivity index (χ1) is 6.27. The van der Waals surface area contributed by atoms with Gasteiger partial charge in [-0.2, -0.15) is 11.8 Å². The highest BCUT2D eigenvalue weighted by Gasteiger charge is 2.11. The fourth-order valence-corrected chi connectivity index (χ4v) is 2.46. The van der Waals surface area contributed by atoms with Crippen molar-refractivity contribution < 1.29 is 0 Å². The third kappa shape index (κ3) is 1.86. The second kappa shape index (κ2) is 3.68. The Balaban J connectivity index is 2.35. The van der Waals surface area contributed by atoms with E-state index >= 15 is 0 Å². The number of rotatable bonds is 1. The average Bonchev–Trinajstić information content (AvgIpc) is 2.17. The van der Waals surface area contributed by atoms with E-state index in [1.165, 1.54) is 17.0 Å². The van der Waals surface area contributed by atoms with Gasteiger partial charge in [-0.1, -0.05) is 6.07 Å². The molecule has 0 amide bonds. The molecule has 0 spiro atoms. The monoisotopic (exact) mass is 194 g/mol. The van der Waals surface area contributed by atoms with Crippen LogP contribution >= 0.6 is 11.8 Å². The Bertz CT molecular complexity index is 310. The fourth-order valence-electron chi connectivity index (χ4n) is 1.51. The van der Waals surface area contributed by atoms with Gasteiger partial charge in [0.05, 0.1) is 0 Å². The summed E-state index contributed by atoms with van der Waals surface area (Å²) in [5.74, 6) is 2.31. The molecule has 0 aliphatic carbocycles. The lowest BCUT2D eigenvalue weighted by Gasteiger charge is -2.16. The van der Waals surface area contributed by atoms with Gasteiger partial charge in [-0.3, -0.25) is 4.98 Å². The van der Waals surface area contributed by atoms with Crippen LogP contribution in [0, 0.1) is 0 Å². The van der Waals surface area contributed by atoms with Crippen LogP contribution in [0.3, 0.4) is 0 Å². The number of nitrogens with zero attached hydrogens (tertiary/aromatic N) is 1. The van der Waals surface area contributed by atoms with Crippen LogP contribution in [0.4, 0.5) is 0 Å². The molecule has 0 aromatic carbocycles. The van der Waals surface area contributed by atoms with Gasteiger partial charge in [-0.15, -0.1) is 0 Å². The number of hydrogen-bond acceptors (Lipinski definition) is 3. The number of thioether (sulfide) groups is 1. The summed E-state index contributed by atoms with van der Waals surface area (Å²) < 4.78 is 0. The lowest BCUT2D eigenvalue weighted by Crippen LogP contribution is -2.10. The summed E-state index contributed by atoms with van der Waals surface area (Å²) in [7, 11) is 0. The first-order valence-electron chi connectivity index (χ1n) is 4.58. The average molecular weight is 194 g/mol. The van der Waals surface area contributed by atoms with Crippen molar-refractivity contribution in [1.29, 1.82) is 0 Å². The standard InChI is InChI=1S/C10H14N2S/c1-7(11)8-4-9-6-13-3-2-10(9)12-5-8/h4-5,7H,2-3,6,11H2,1H3. The normalized spacial score (nSPS) is 18.0. The summed E-state index contributed by atoms with van der Waals surface area (Å²) >= 11 is 1.98. The second-order valence-corrected chi connectivity index (χ2v) is 4.57. The number of fused-ring (bicyclic) bond motifs is 1. The Kier molecular flexibility index (Phi) is 2.56. The molecule has 0 radical (unpaired) electrons. The van der Waals surface area contributed by atoms with E-state index in [0.29, 0.717) is 0 Å². The molecule has 1 aliphatic rings. The smallest absolute Gasteiger partial charge is 0.0452 e. The van der Waals surface area contributed by atoms with Crippen molar-refractivity contribution in [1.82, 2.24) is 4.98 Å². The Morgan fingerprint density at radius 1 is 1.62 bits per heavy atom. The number of aryl methyl sites for hydroxylation is 1. The van der Waals surface area contributed by atoms with Gasteiger partial charge in [0.1, 0.15) is 0 Å². The maximum atomic E-state index is 5.80. The second-order valence-electron chi connectivity index (χ2n) is 3.47. The highest BCUT2D eigenvalue weighted by molar-refractivity contribution is 7.98. The van der Waals surface area contributed by atoms with Gasteiger partial charge >= 0.3 is 0 Å². The van der Waals surface area contributed by atoms with Crippen molar-refractivity contribution in [3.8, 4) is 0 Å². The molecular formula is C10H14N2S. The maximum Gasteiger partial charge on any atom is 0.0452 e. The molecule has 2 N–H and O–H groups in total. The fraction of sp³-hybridized carbons (Fsp3) is 0.500. The predicted molar refractivity (Wildman–Crippen MR) is 56.7 cm³/mol. The Hall–Kier alpha value is -0.540. The van der Waals surface area contributed by atoms with Crippen LogP contribution in [-0.2, 0) is 12.2 Å². The van der Waals surface area contributed by atoms with E-state index in [1.807, 2.05) is 24.9 Å². The third-order valence-corrected chi connectivity index (χ3v) is 3.36. The molecule has 1 aliphatic heterocycles. The van der Waals surface area contributed by atoms with Gasteiger partial charge < -0.3 is 5.73 Å². The van der Waals surface area contributed by atoms with Crippen LogP contribution in [0.25, 0.3) is 0 Å². The minimum absolute atomic E-state index is 0.102. The van der Waals surface area contributed by atoms with Gasteiger partial charge in [0.15, 0.2) is 0 Å². The minimum Gasteiger partial charge on any atom is -0.324 e. The van der Waals surface area contributed by atoms with E-state index in [4.69, 9.17) is 5.73 Å². The van der Waals surface area contributed by atoms with Gasteiger partial charge in [0.2, 0.25) is 0 Å². The molecule has 2 rings (SSSR count). The van der Waals surface area contributed by atoms with E-state index in [2.05, 4.69) is 11.1 Å². The van der Waals surface area contributed by atoms with E-state index in [1.54, 1.807) is 0 Å². The molecule has 70 valence electrons. The molecular weight excluding hydrogens is 180 g/mol. The largest absolute Gasteiger partial charge is 0.324 e. The number of nitrogens with two attached hydrogens (primary N) is 1. The topological polar surface area (TPSA) is 38.9 Å². The molecule has 2 heterocycles. The first kappa shape index (κ1) is 9.03. The van der Waals surface area contributed by atoms with Crippen molar-refractivity contribution in [3.05, 3.63) is 29.1 Å². The quantitative estimate of drug-likeness (QED) is 0.742. The molecule has 0 bridgehead atoms. The lowest BCUT2D eigenvalue weighted by atomic mass is 10.1. The highest BCUT2D eigenvalue weighted by atomic mass is 32.2. The van der Waals surface area contributed by atoms with Crippen molar-refractivity contribution in [2.24, 2.45) is 5.73 Å². The van der Waals surface area contributed by atoms with Crippen LogP contribution in [0.2, 0.25) is 0 Å². The predicted octanol–water partition coefficient (Wildman–Crippen LogP) is 1.89. The molecule has 13 heavy (non-hydrogen) atoms. The summed E-state index contributed by atoms with van der Waals surface area (Å²) in [4.78, 5) is 4.45. The molecule has 3 heteroatoms. The first-order valence-corrected chi connectivity index (χ1v) is 5.74.